The van der Waals surface area contributed by atoms with Crippen LogP contribution in [0.25, 0.3) is 0 Å². The molecule has 0 amide bonds. The molecule has 0 spiro atoms. The fourth-order valence-corrected chi connectivity index (χ4v) is 2.70. The summed E-state index contributed by atoms with van der Waals surface area (Å²) < 4.78 is 31.7. The molecule has 2 aromatic rings. The lowest BCUT2D eigenvalue weighted by atomic mass is 10.3. The van der Waals surface area contributed by atoms with Crippen LogP contribution >= 0.6 is 0 Å². The first-order valence-corrected chi connectivity index (χ1v) is 6.93. The number of anilines is 2. The van der Waals surface area contributed by atoms with E-state index in [0.717, 1.165) is 6.07 Å². The van der Waals surface area contributed by atoms with E-state index < -0.39 is 15.6 Å². The molecular formula is C11H12N4O4S. The van der Waals surface area contributed by atoms with E-state index in [0.29, 0.717) is 0 Å². The number of ether oxygens (including phenoxy) is 1. The predicted octanol–water partition coefficient (Wildman–Crippen LogP) is 0.161. The van der Waals surface area contributed by atoms with Gasteiger partial charge in [0, 0.05) is 11.8 Å². The Balaban J connectivity index is 2.42. The van der Waals surface area contributed by atoms with Crippen LogP contribution in [0.15, 0.2) is 40.0 Å². The van der Waals surface area contributed by atoms with Gasteiger partial charge in [-0.25, -0.2) is 13.5 Å². The van der Waals surface area contributed by atoms with Gasteiger partial charge in [-0.05, 0) is 24.3 Å². The SMILES string of the molecule is COc1ccc(N)cc1S(=O)(=O)Nc1ccc(=O)[nH]n1. The first-order chi connectivity index (χ1) is 9.42. The molecule has 106 valence electrons. The Morgan fingerprint density at radius 3 is 2.65 bits per heavy atom. The van der Waals surface area contributed by atoms with Crippen LogP contribution in [0.2, 0.25) is 0 Å². The molecule has 0 fully saturated rings. The lowest BCUT2D eigenvalue weighted by Gasteiger charge is -2.11. The number of nitrogens with zero attached hydrogens (tertiary/aromatic N) is 1. The average Bonchev–Trinajstić information content (AvgIpc) is 2.41. The number of nitrogens with two attached hydrogens (primary N) is 1. The first-order valence-electron chi connectivity index (χ1n) is 5.44. The molecule has 1 heterocycles. The maximum absolute atomic E-state index is 12.2. The van der Waals surface area contributed by atoms with E-state index in [9.17, 15) is 13.2 Å². The summed E-state index contributed by atoms with van der Waals surface area (Å²) in [6, 6.07) is 6.64. The van der Waals surface area contributed by atoms with E-state index in [2.05, 4.69) is 14.9 Å². The van der Waals surface area contributed by atoms with Crippen LogP contribution in [0.3, 0.4) is 0 Å². The normalized spacial score (nSPS) is 11.1. The molecule has 0 atom stereocenters. The second-order valence-electron chi connectivity index (χ2n) is 3.82. The summed E-state index contributed by atoms with van der Waals surface area (Å²) in [4.78, 5) is 10.8. The summed E-state index contributed by atoms with van der Waals surface area (Å²) in [6.07, 6.45) is 0. The minimum absolute atomic E-state index is 0.0194. The molecule has 0 aliphatic heterocycles. The predicted molar refractivity (Wildman–Crippen MR) is 73.1 cm³/mol. The molecule has 0 bridgehead atoms. The molecule has 0 unspecified atom stereocenters. The van der Waals surface area contributed by atoms with Gasteiger partial charge in [-0.2, -0.15) is 5.10 Å². The number of aromatic nitrogens is 2. The van der Waals surface area contributed by atoms with Gasteiger partial charge in [0.2, 0.25) is 0 Å². The molecule has 2 rings (SSSR count). The van der Waals surface area contributed by atoms with Crippen LogP contribution in [-0.2, 0) is 10.0 Å². The molecule has 1 aromatic heterocycles. The fourth-order valence-electron chi connectivity index (χ4n) is 1.50. The van der Waals surface area contributed by atoms with Crippen molar-refractivity contribution in [3.05, 3.63) is 40.7 Å². The number of hydrogen-bond donors (Lipinski definition) is 3. The number of methoxy groups -OCH3 is 1. The third kappa shape index (κ3) is 2.88. The smallest absolute Gasteiger partial charge is 0.266 e. The van der Waals surface area contributed by atoms with Gasteiger partial charge >= 0.3 is 0 Å². The van der Waals surface area contributed by atoms with Gasteiger partial charge in [-0.15, -0.1) is 0 Å². The van der Waals surface area contributed by atoms with Crippen LogP contribution in [0.1, 0.15) is 0 Å². The van der Waals surface area contributed by atoms with Crippen molar-refractivity contribution in [1.82, 2.24) is 10.2 Å². The van der Waals surface area contributed by atoms with Crippen molar-refractivity contribution in [2.75, 3.05) is 17.6 Å². The van der Waals surface area contributed by atoms with Crippen molar-refractivity contribution >= 4 is 21.5 Å². The number of sulfonamides is 1. The van der Waals surface area contributed by atoms with Gasteiger partial charge in [-0.1, -0.05) is 0 Å². The fraction of sp³-hybridized carbons (Fsp3) is 0.0909. The minimum Gasteiger partial charge on any atom is -0.495 e. The van der Waals surface area contributed by atoms with Crippen LogP contribution < -0.4 is 20.8 Å². The highest BCUT2D eigenvalue weighted by Crippen LogP contribution is 2.27. The summed E-state index contributed by atoms with van der Waals surface area (Å²) in [5, 5.41) is 5.69. The highest BCUT2D eigenvalue weighted by Gasteiger charge is 2.20. The number of hydrogen-bond acceptors (Lipinski definition) is 6. The quantitative estimate of drug-likeness (QED) is 0.690. The van der Waals surface area contributed by atoms with Gasteiger partial charge in [0.15, 0.2) is 5.82 Å². The van der Waals surface area contributed by atoms with Gasteiger partial charge < -0.3 is 10.5 Å². The van der Waals surface area contributed by atoms with E-state index in [4.69, 9.17) is 10.5 Å². The maximum Gasteiger partial charge on any atom is 0.266 e. The van der Waals surface area contributed by atoms with Crippen molar-refractivity contribution in [1.29, 1.82) is 0 Å². The second-order valence-corrected chi connectivity index (χ2v) is 5.47. The third-order valence-corrected chi connectivity index (χ3v) is 3.77. The molecular weight excluding hydrogens is 284 g/mol. The Morgan fingerprint density at radius 1 is 1.30 bits per heavy atom. The summed E-state index contributed by atoms with van der Waals surface area (Å²) in [6.45, 7) is 0. The number of nitrogens with one attached hydrogen (secondary N) is 2. The molecule has 8 nitrogen and oxygen atoms in total. The largest absolute Gasteiger partial charge is 0.495 e. The van der Waals surface area contributed by atoms with Crippen LogP contribution in [0.5, 0.6) is 5.75 Å². The van der Waals surface area contributed by atoms with Crippen LogP contribution in [0, 0.1) is 0 Å². The number of nitrogen functional groups attached to an aromatic ring is 1. The van der Waals surface area contributed by atoms with Crippen molar-refractivity contribution in [3.63, 3.8) is 0 Å². The van der Waals surface area contributed by atoms with E-state index in [1.807, 2.05) is 0 Å². The van der Waals surface area contributed by atoms with Crippen molar-refractivity contribution in [2.24, 2.45) is 0 Å². The van der Waals surface area contributed by atoms with Gasteiger partial charge in [-0.3, -0.25) is 9.52 Å². The van der Waals surface area contributed by atoms with Crippen molar-refractivity contribution in [3.8, 4) is 5.75 Å². The lowest BCUT2D eigenvalue weighted by Crippen LogP contribution is -2.17. The van der Waals surface area contributed by atoms with Gasteiger partial charge in [0.1, 0.15) is 10.6 Å². The average molecular weight is 296 g/mol. The number of H-pyrrole nitrogens is 1. The zero-order valence-corrected chi connectivity index (χ0v) is 11.3. The zero-order valence-electron chi connectivity index (χ0n) is 10.5. The molecule has 20 heavy (non-hydrogen) atoms. The van der Waals surface area contributed by atoms with Gasteiger partial charge in [0.25, 0.3) is 15.6 Å². The first kappa shape index (κ1) is 13.9. The monoisotopic (exact) mass is 296 g/mol. The second kappa shape index (κ2) is 5.21. The Hall–Kier alpha value is -2.55. The van der Waals surface area contributed by atoms with E-state index in [1.165, 1.54) is 31.4 Å². The lowest BCUT2D eigenvalue weighted by molar-refractivity contribution is 0.403. The molecule has 0 radical (unpaired) electrons. The topological polar surface area (TPSA) is 127 Å². The van der Waals surface area contributed by atoms with E-state index in [-0.39, 0.29) is 22.2 Å². The summed E-state index contributed by atoms with van der Waals surface area (Å²) in [5.74, 6) is 0.130. The molecule has 1 aromatic carbocycles. The summed E-state index contributed by atoms with van der Waals surface area (Å²) >= 11 is 0. The highest BCUT2D eigenvalue weighted by molar-refractivity contribution is 7.92. The van der Waals surface area contributed by atoms with Crippen molar-refractivity contribution < 1.29 is 13.2 Å². The Labute approximate surface area is 114 Å². The van der Waals surface area contributed by atoms with Crippen molar-refractivity contribution in [2.45, 2.75) is 4.90 Å². The molecule has 0 aliphatic rings. The van der Waals surface area contributed by atoms with Crippen LogP contribution in [-0.4, -0.2) is 25.7 Å². The Kier molecular flexibility index (Phi) is 3.61. The molecule has 0 saturated heterocycles. The van der Waals surface area contributed by atoms with Gasteiger partial charge in [0.05, 0.1) is 7.11 Å². The molecule has 0 saturated carbocycles. The third-order valence-electron chi connectivity index (χ3n) is 2.40. The molecule has 4 N–H and O–H groups in total. The molecule has 0 aliphatic carbocycles. The summed E-state index contributed by atoms with van der Waals surface area (Å²) in [5.41, 5.74) is 5.42. The minimum atomic E-state index is -3.93. The van der Waals surface area contributed by atoms with Crippen LogP contribution in [0.4, 0.5) is 11.5 Å². The zero-order chi connectivity index (χ0) is 14.8. The Bertz CT molecular complexity index is 765. The van der Waals surface area contributed by atoms with E-state index in [1.54, 1.807) is 0 Å². The number of aromatic amines is 1. The Morgan fingerprint density at radius 2 is 2.05 bits per heavy atom. The summed E-state index contributed by atoms with van der Waals surface area (Å²) in [7, 11) is -2.58. The number of benzene rings is 1. The molecule has 9 heteroatoms. The standard InChI is InChI=1S/C11H12N4O4S/c1-19-8-3-2-7(12)6-9(8)20(17,18)15-10-4-5-11(16)14-13-10/h2-6H,12H2,1H3,(H,13,15)(H,14,16). The maximum atomic E-state index is 12.2. The number of rotatable bonds is 4. The highest BCUT2D eigenvalue weighted by atomic mass is 32.2. The van der Waals surface area contributed by atoms with E-state index >= 15 is 0 Å².